The molecule has 1 nitrogen and oxygen atoms in total. The van der Waals surface area contributed by atoms with Gasteiger partial charge in [0.05, 0.1) is 5.56 Å². The molecule has 4 heteroatoms. The third kappa shape index (κ3) is 2.05. The predicted molar refractivity (Wildman–Crippen MR) is 48.1 cm³/mol. The summed E-state index contributed by atoms with van der Waals surface area (Å²) in [5.41, 5.74) is -0.233. The van der Waals surface area contributed by atoms with E-state index in [4.69, 9.17) is 0 Å². The molecule has 0 unspecified atom stereocenters. The molecule has 0 atom stereocenters. The maximum Gasteiger partial charge on any atom is 0.418 e. The second-order valence-electron chi connectivity index (χ2n) is 3.51. The minimum Gasteiger partial charge on any atom is -0.261 e. The number of hydrogen-bond acceptors (Lipinski definition) is 1. The maximum absolute atomic E-state index is 12.6. The number of halogens is 3. The quantitative estimate of drug-likeness (QED) is 0.680. The first-order chi connectivity index (χ1) is 6.34. The van der Waals surface area contributed by atoms with Gasteiger partial charge in [0.15, 0.2) is 0 Å². The van der Waals surface area contributed by atoms with Crippen LogP contribution in [0.5, 0.6) is 0 Å². The van der Waals surface area contributed by atoms with Crippen molar-refractivity contribution in [3.05, 3.63) is 29.1 Å². The van der Waals surface area contributed by atoms with Gasteiger partial charge in [-0.1, -0.05) is 13.8 Å². The molecule has 0 spiro atoms. The molecule has 1 aromatic rings. The molecule has 0 saturated heterocycles. The Labute approximate surface area is 81.0 Å². The molecule has 1 aromatic heterocycles. The number of hydrogen-bond donors (Lipinski definition) is 0. The molecule has 0 amide bonds. The molecular formula is C10H12F3N. The van der Waals surface area contributed by atoms with E-state index in [1.807, 2.05) is 0 Å². The van der Waals surface area contributed by atoms with Crippen molar-refractivity contribution in [2.24, 2.45) is 0 Å². The number of aromatic nitrogens is 1. The van der Waals surface area contributed by atoms with Gasteiger partial charge in [-0.25, -0.2) is 0 Å². The monoisotopic (exact) mass is 203 g/mol. The van der Waals surface area contributed by atoms with Crippen LogP contribution < -0.4 is 0 Å². The highest BCUT2D eigenvalue weighted by atomic mass is 19.4. The molecule has 0 fully saturated rings. The fourth-order valence-corrected chi connectivity index (χ4v) is 1.44. The zero-order chi connectivity index (χ0) is 10.9. The van der Waals surface area contributed by atoms with E-state index >= 15 is 0 Å². The Morgan fingerprint density at radius 2 is 1.86 bits per heavy atom. The lowest BCUT2D eigenvalue weighted by molar-refractivity contribution is -0.139. The summed E-state index contributed by atoms with van der Waals surface area (Å²) in [7, 11) is 0. The number of aryl methyl sites for hydroxylation is 1. The number of pyridine rings is 1. The standard InChI is InChI=1S/C10H12F3N/c1-6(2)8-4-5-14-7(3)9(8)10(11,12)13/h4-6H,1-3H3. The highest BCUT2D eigenvalue weighted by Crippen LogP contribution is 2.36. The van der Waals surface area contributed by atoms with Crippen molar-refractivity contribution in [1.29, 1.82) is 0 Å². The fourth-order valence-electron chi connectivity index (χ4n) is 1.44. The second-order valence-corrected chi connectivity index (χ2v) is 3.51. The average Bonchev–Trinajstić information content (AvgIpc) is 2.01. The van der Waals surface area contributed by atoms with E-state index in [1.165, 1.54) is 19.2 Å². The zero-order valence-corrected chi connectivity index (χ0v) is 8.31. The van der Waals surface area contributed by atoms with Gasteiger partial charge in [-0.15, -0.1) is 0 Å². The summed E-state index contributed by atoms with van der Waals surface area (Å²) in [4.78, 5) is 3.67. The van der Waals surface area contributed by atoms with E-state index < -0.39 is 11.7 Å². The van der Waals surface area contributed by atoms with Crippen LogP contribution in [0.2, 0.25) is 0 Å². The summed E-state index contributed by atoms with van der Waals surface area (Å²) < 4.78 is 37.9. The van der Waals surface area contributed by atoms with Crippen molar-refractivity contribution in [1.82, 2.24) is 4.98 Å². The van der Waals surface area contributed by atoms with Gasteiger partial charge in [0.2, 0.25) is 0 Å². The van der Waals surface area contributed by atoms with Gasteiger partial charge in [-0.2, -0.15) is 13.2 Å². The Balaban J connectivity index is 3.38. The lowest BCUT2D eigenvalue weighted by Crippen LogP contribution is -2.13. The summed E-state index contributed by atoms with van der Waals surface area (Å²) >= 11 is 0. The van der Waals surface area contributed by atoms with E-state index in [1.54, 1.807) is 13.8 Å². The highest BCUT2D eigenvalue weighted by molar-refractivity contribution is 5.34. The van der Waals surface area contributed by atoms with E-state index in [2.05, 4.69) is 4.98 Å². The molecule has 1 heterocycles. The SMILES string of the molecule is Cc1nccc(C(C)C)c1C(F)(F)F. The van der Waals surface area contributed by atoms with Crippen molar-refractivity contribution in [2.75, 3.05) is 0 Å². The van der Waals surface area contributed by atoms with Crippen LogP contribution in [0.4, 0.5) is 13.2 Å². The molecule has 14 heavy (non-hydrogen) atoms. The first-order valence-electron chi connectivity index (χ1n) is 4.36. The Morgan fingerprint density at radius 3 is 2.21 bits per heavy atom. The van der Waals surface area contributed by atoms with E-state index in [9.17, 15) is 13.2 Å². The largest absolute Gasteiger partial charge is 0.418 e. The lowest BCUT2D eigenvalue weighted by Gasteiger charge is -2.16. The molecule has 0 aliphatic heterocycles. The van der Waals surface area contributed by atoms with Crippen LogP contribution >= 0.6 is 0 Å². The molecule has 0 bridgehead atoms. The van der Waals surface area contributed by atoms with Crippen molar-refractivity contribution in [3.63, 3.8) is 0 Å². The molecule has 0 aliphatic carbocycles. The van der Waals surface area contributed by atoms with Crippen LogP contribution in [0.25, 0.3) is 0 Å². The smallest absolute Gasteiger partial charge is 0.261 e. The van der Waals surface area contributed by atoms with E-state index in [0.717, 1.165) is 0 Å². The summed E-state index contributed by atoms with van der Waals surface area (Å²) in [6, 6.07) is 1.43. The molecule has 0 aliphatic rings. The molecule has 1 rings (SSSR count). The topological polar surface area (TPSA) is 12.9 Å². The van der Waals surface area contributed by atoms with Gasteiger partial charge in [0.1, 0.15) is 0 Å². The average molecular weight is 203 g/mol. The molecule has 0 radical (unpaired) electrons. The van der Waals surface area contributed by atoms with Crippen molar-refractivity contribution < 1.29 is 13.2 Å². The zero-order valence-electron chi connectivity index (χ0n) is 8.31. The Morgan fingerprint density at radius 1 is 1.29 bits per heavy atom. The minimum absolute atomic E-state index is 0.0451. The van der Waals surface area contributed by atoms with Gasteiger partial charge in [-0.05, 0) is 24.5 Å². The Hall–Kier alpha value is -1.06. The van der Waals surface area contributed by atoms with Gasteiger partial charge in [0, 0.05) is 11.9 Å². The van der Waals surface area contributed by atoms with Crippen molar-refractivity contribution in [3.8, 4) is 0 Å². The van der Waals surface area contributed by atoms with Crippen LogP contribution in [-0.2, 0) is 6.18 Å². The molecule has 0 N–H and O–H groups in total. The van der Waals surface area contributed by atoms with Gasteiger partial charge in [-0.3, -0.25) is 4.98 Å². The molecule has 0 aromatic carbocycles. The van der Waals surface area contributed by atoms with E-state index in [0.29, 0.717) is 5.56 Å². The normalized spacial score (nSPS) is 12.2. The second kappa shape index (κ2) is 3.59. The number of alkyl halides is 3. The third-order valence-corrected chi connectivity index (χ3v) is 2.08. The summed E-state index contributed by atoms with van der Waals surface area (Å²) in [5, 5.41) is 0. The van der Waals surface area contributed by atoms with Crippen molar-refractivity contribution >= 4 is 0 Å². The molecular weight excluding hydrogens is 191 g/mol. The van der Waals surface area contributed by atoms with Crippen LogP contribution in [0.15, 0.2) is 12.3 Å². The fraction of sp³-hybridized carbons (Fsp3) is 0.500. The van der Waals surface area contributed by atoms with Gasteiger partial charge < -0.3 is 0 Å². The molecule has 78 valence electrons. The minimum atomic E-state index is -4.31. The lowest BCUT2D eigenvalue weighted by atomic mass is 9.97. The Bertz CT molecular complexity index is 329. The number of nitrogens with zero attached hydrogens (tertiary/aromatic N) is 1. The first-order valence-corrected chi connectivity index (χ1v) is 4.36. The summed E-state index contributed by atoms with van der Waals surface area (Å²) in [5.74, 6) is -0.145. The van der Waals surface area contributed by atoms with Crippen LogP contribution in [-0.4, -0.2) is 4.98 Å². The number of rotatable bonds is 1. The maximum atomic E-state index is 12.6. The molecule has 0 saturated carbocycles. The Kier molecular flexibility index (Phi) is 2.83. The van der Waals surface area contributed by atoms with Crippen LogP contribution in [0, 0.1) is 6.92 Å². The summed E-state index contributed by atoms with van der Waals surface area (Å²) in [6.07, 6.45) is -2.89. The van der Waals surface area contributed by atoms with Gasteiger partial charge >= 0.3 is 6.18 Å². The highest BCUT2D eigenvalue weighted by Gasteiger charge is 2.36. The predicted octanol–water partition coefficient (Wildman–Crippen LogP) is 3.53. The summed E-state index contributed by atoms with van der Waals surface area (Å²) in [6.45, 7) is 4.86. The first kappa shape index (κ1) is 11.0. The van der Waals surface area contributed by atoms with Crippen molar-refractivity contribution in [2.45, 2.75) is 32.9 Å². The van der Waals surface area contributed by atoms with E-state index in [-0.39, 0.29) is 11.6 Å². The third-order valence-electron chi connectivity index (χ3n) is 2.08. The van der Waals surface area contributed by atoms with Gasteiger partial charge in [0.25, 0.3) is 0 Å². The van der Waals surface area contributed by atoms with Crippen LogP contribution in [0.3, 0.4) is 0 Å². The van der Waals surface area contributed by atoms with Crippen LogP contribution in [0.1, 0.15) is 36.6 Å².